The maximum Gasteiger partial charge on any atom is 0.451 e. The lowest BCUT2D eigenvalue weighted by molar-refractivity contribution is -0.140. The summed E-state index contributed by atoms with van der Waals surface area (Å²) in [5.74, 6) is -1.45. The molecular weight excluding hydrogens is 301 g/mol. The van der Waals surface area contributed by atoms with E-state index in [4.69, 9.17) is 15.8 Å². The van der Waals surface area contributed by atoms with Gasteiger partial charge in [0, 0.05) is 18.5 Å². The van der Waals surface area contributed by atoms with Crippen LogP contribution in [0.5, 0.6) is 0 Å². The number of unbranched alkanes of at least 4 members (excludes halogenated alkanes) is 1. The quantitative estimate of drug-likeness (QED) is 0.229. The van der Waals surface area contributed by atoms with Gasteiger partial charge >= 0.3 is 13.1 Å². The van der Waals surface area contributed by atoms with Crippen molar-refractivity contribution in [2.24, 2.45) is 17.6 Å². The molecule has 4 atom stereocenters. The molecule has 1 aliphatic heterocycles. The van der Waals surface area contributed by atoms with E-state index in [1.165, 1.54) is 0 Å². The highest BCUT2D eigenvalue weighted by Gasteiger charge is 2.40. The van der Waals surface area contributed by atoms with Gasteiger partial charge in [0.25, 0.3) is 0 Å². The van der Waals surface area contributed by atoms with E-state index in [1.807, 2.05) is 13.8 Å². The third kappa shape index (κ3) is 6.10. The normalized spacial score (nSPS) is 25.4. The van der Waals surface area contributed by atoms with Crippen molar-refractivity contribution in [1.82, 2.24) is 10.6 Å². The first-order valence-electron chi connectivity index (χ1n) is 8.12. The minimum atomic E-state index is -1.34. The SMILES string of the molecule is CC(C)[C@@H](N)C(=O)N[C@H]1CN[C@H](C(=O)O)[C@@H]1CCCCB(O)O. The molecule has 1 rings (SSSR count). The first-order chi connectivity index (χ1) is 10.7. The van der Waals surface area contributed by atoms with E-state index >= 15 is 0 Å². The molecule has 0 unspecified atom stereocenters. The molecule has 23 heavy (non-hydrogen) atoms. The Kier molecular flexibility index (Phi) is 7.97. The number of aliphatic carboxylic acids is 1. The fourth-order valence-electron chi connectivity index (χ4n) is 2.87. The molecule has 0 saturated carbocycles. The van der Waals surface area contributed by atoms with Crippen LogP contribution in [0.25, 0.3) is 0 Å². The van der Waals surface area contributed by atoms with E-state index in [-0.39, 0.29) is 30.1 Å². The van der Waals surface area contributed by atoms with E-state index < -0.39 is 25.2 Å². The summed E-state index contributed by atoms with van der Waals surface area (Å²) in [4.78, 5) is 23.5. The monoisotopic (exact) mass is 329 g/mol. The molecule has 0 aromatic rings. The fourth-order valence-corrected chi connectivity index (χ4v) is 2.87. The number of carboxylic acid groups (broad SMARTS) is 1. The number of carbonyl (C=O) groups is 2. The second-order valence-corrected chi connectivity index (χ2v) is 6.54. The third-order valence-electron chi connectivity index (χ3n) is 4.37. The zero-order valence-corrected chi connectivity index (χ0v) is 13.7. The molecule has 1 aliphatic rings. The minimum Gasteiger partial charge on any atom is -0.480 e. The Labute approximate surface area is 137 Å². The highest BCUT2D eigenvalue weighted by atomic mass is 16.4. The summed E-state index contributed by atoms with van der Waals surface area (Å²) >= 11 is 0. The number of rotatable bonds is 9. The molecule has 0 aromatic heterocycles. The molecule has 0 radical (unpaired) electrons. The van der Waals surface area contributed by atoms with Crippen LogP contribution < -0.4 is 16.4 Å². The van der Waals surface area contributed by atoms with Crippen LogP contribution in [0, 0.1) is 11.8 Å². The van der Waals surface area contributed by atoms with Crippen LogP contribution in [-0.4, -0.2) is 58.8 Å². The largest absolute Gasteiger partial charge is 0.480 e. The highest BCUT2D eigenvalue weighted by molar-refractivity contribution is 6.40. The van der Waals surface area contributed by atoms with Crippen LogP contribution in [0.3, 0.4) is 0 Å². The van der Waals surface area contributed by atoms with Gasteiger partial charge in [-0.05, 0) is 18.7 Å². The number of hydrogen-bond donors (Lipinski definition) is 6. The second-order valence-electron chi connectivity index (χ2n) is 6.54. The molecule has 8 nitrogen and oxygen atoms in total. The molecular formula is C14H28BN3O5. The number of carboxylic acids is 1. The molecule has 7 N–H and O–H groups in total. The van der Waals surface area contributed by atoms with Gasteiger partial charge in [0.1, 0.15) is 6.04 Å². The van der Waals surface area contributed by atoms with E-state index in [2.05, 4.69) is 10.6 Å². The molecule has 1 heterocycles. The Hall–Kier alpha value is -1.16. The molecule has 9 heteroatoms. The standard InChI is InChI=1S/C14H28BN3O5/c1-8(2)11(16)13(19)18-10-7-17-12(14(20)21)9(10)5-3-4-6-15(22)23/h8-12,17,22-23H,3-7,16H2,1-2H3,(H,18,19)(H,20,21)/t9-,10+,11-,12+/m1/s1. The van der Waals surface area contributed by atoms with E-state index in [9.17, 15) is 14.7 Å². The van der Waals surface area contributed by atoms with Crippen molar-refractivity contribution >= 4 is 19.0 Å². The summed E-state index contributed by atoms with van der Waals surface area (Å²) in [6.45, 7) is 4.10. The Morgan fingerprint density at radius 1 is 1.35 bits per heavy atom. The van der Waals surface area contributed by atoms with Crippen molar-refractivity contribution in [3.05, 3.63) is 0 Å². The van der Waals surface area contributed by atoms with Crippen LogP contribution >= 0.6 is 0 Å². The minimum absolute atomic E-state index is 0.00382. The van der Waals surface area contributed by atoms with Gasteiger partial charge < -0.3 is 31.5 Å². The lowest BCUT2D eigenvalue weighted by atomic mass is 9.82. The maximum atomic E-state index is 12.1. The van der Waals surface area contributed by atoms with E-state index in [0.29, 0.717) is 25.8 Å². The van der Waals surface area contributed by atoms with Crippen LogP contribution in [0.1, 0.15) is 33.1 Å². The van der Waals surface area contributed by atoms with Crippen molar-refractivity contribution < 1.29 is 24.7 Å². The van der Waals surface area contributed by atoms with Gasteiger partial charge in [-0.2, -0.15) is 0 Å². The predicted molar refractivity (Wildman–Crippen MR) is 86.5 cm³/mol. The number of carbonyl (C=O) groups excluding carboxylic acids is 1. The summed E-state index contributed by atoms with van der Waals surface area (Å²) in [6.07, 6.45) is 2.09. The summed E-state index contributed by atoms with van der Waals surface area (Å²) in [6, 6.07) is -1.62. The van der Waals surface area contributed by atoms with Crippen molar-refractivity contribution in [3.8, 4) is 0 Å². The van der Waals surface area contributed by atoms with Crippen LogP contribution in [0.15, 0.2) is 0 Å². The zero-order valence-electron chi connectivity index (χ0n) is 13.7. The number of nitrogens with one attached hydrogen (secondary N) is 2. The molecule has 0 aromatic carbocycles. The average Bonchev–Trinajstić information content (AvgIpc) is 2.85. The highest BCUT2D eigenvalue weighted by Crippen LogP contribution is 2.24. The Morgan fingerprint density at radius 3 is 2.52 bits per heavy atom. The van der Waals surface area contributed by atoms with Crippen molar-refractivity contribution in [1.29, 1.82) is 0 Å². The zero-order chi connectivity index (χ0) is 17.6. The van der Waals surface area contributed by atoms with Gasteiger partial charge in [0.15, 0.2) is 0 Å². The fraction of sp³-hybridized carbons (Fsp3) is 0.857. The number of hydrogen-bond acceptors (Lipinski definition) is 6. The first-order valence-corrected chi connectivity index (χ1v) is 8.12. The van der Waals surface area contributed by atoms with Gasteiger partial charge in [-0.3, -0.25) is 9.59 Å². The maximum absolute atomic E-state index is 12.1. The number of amides is 1. The van der Waals surface area contributed by atoms with Gasteiger partial charge in [0.2, 0.25) is 5.91 Å². The Bertz CT molecular complexity index is 408. The van der Waals surface area contributed by atoms with Gasteiger partial charge in [-0.25, -0.2) is 0 Å². The first kappa shape index (κ1) is 19.9. The van der Waals surface area contributed by atoms with E-state index in [1.54, 1.807) is 0 Å². The second kappa shape index (κ2) is 9.22. The summed E-state index contributed by atoms with van der Waals surface area (Å²) < 4.78 is 0. The van der Waals surface area contributed by atoms with Crippen LogP contribution in [-0.2, 0) is 9.59 Å². The Balaban J connectivity index is 2.61. The lowest BCUT2D eigenvalue weighted by Crippen LogP contribution is -2.50. The summed E-state index contributed by atoms with van der Waals surface area (Å²) in [7, 11) is -1.34. The smallest absolute Gasteiger partial charge is 0.451 e. The van der Waals surface area contributed by atoms with Crippen molar-refractivity contribution in [2.75, 3.05) is 6.54 Å². The molecule has 132 valence electrons. The van der Waals surface area contributed by atoms with Gasteiger partial charge in [-0.15, -0.1) is 0 Å². The predicted octanol–water partition coefficient (Wildman–Crippen LogP) is -1.23. The van der Waals surface area contributed by atoms with E-state index in [0.717, 1.165) is 0 Å². The Morgan fingerprint density at radius 2 is 2.00 bits per heavy atom. The molecule has 1 amide bonds. The summed E-state index contributed by atoms with van der Waals surface area (Å²) in [5.41, 5.74) is 5.83. The van der Waals surface area contributed by atoms with Crippen LogP contribution in [0.2, 0.25) is 6.32 Å². The van der Waals surface area contributed by atoms with Crippen molar-refractivity contribution in [2.45, 2.75) is 57.6 Å². The summed E-state index contributed by atoms with van der Waals surface area (Å²) in [5, 5.41) is 32.8. The molecule has 1 saturated heterocycles. The molecule has 0 aliphatic carbocycles. The van der Waals surface area contributed by atoms with Crippen LogP contribution in [0.4, 0.5) is 0 Å². The topological polar surface area (TPSA) is 145 Å². The number of nitrogens with two attached hydrogens (primary N) is 1. The molecule has 0 spiro atoms. The van der Waals surface area contributed by atoms with Gasteiger partial charge in [-0.1, -0.05) is 26.7 Å². The molecule has 0 bridgehead atoms. The third-order valence-corrected chi connectivity index (χ3v) is 4.37. The van der Waals surface area contributed by atoms with Gasteiger partial charge in [0.05, 0.1) is 6.04 Å². The average molecular weight is 329 g/mol. The molecule has 1 fully saturated rings. The van der Waals surface area contributed by atoms with Crippen molar-refractivity contribution in [3.63, 3.8) is 0 Å². The lowest BCUT2D eigenvalue weighted by Gasteiger charge is -2.25.